The monoisotopic (exact) mass is 372 g/mol. The molecule has 1 fully saturated rings. The molecule has 5 nitrogen and oxygen atoms in total. The highest BCUT2D eigenvalue weighted by Gasteiger charge is 2.53. The summed E-state index contributed by atoms with van der Waals surface area (Å²) in [6.45, 7) is 2.01. The zero-order chi connectivity index (χ0) is 18.5. The van der Waals surface area contributed by atoms with Gasteiger partial charge in [0.2, 0.25) is 0 Å². The zero-order valence-electron chi connectivity index (χ0n) is 14.5. The second kappa shape index (κ2) is 6.23. The van der Waals surface area contributed by atoms with Gasteiger partial charge in [-0.25, -0.2) is 0 Å². The lowest BCUT2D eigenvalue weighted by Gasteiger charge is -2.24. The van der Waals surface area contributed by atoms with E-state index in [9.17, 15) is 13.5 Å². The van der Waals surface area contributed by atoms with Crippen molar-refractivity contribution in [1.82, 2.24) is 0 Å². The van der Waals surface area contributed by atoms with Crippen LogP contribution in [0.4, 0.5) is 0 Å². The summed E-state index contributed by atoms with van der Waals surface area (Å²) in [5.74, 6) is 0.190. The molecule has 0 aromatic heterocycles. The predicted octanol–water partition coefficient (Wildman–Crippen LogP) is 3.13. The van der Waals surface area contributed by atoms with Gasteiger partial charge in [-0.2, -0.15) is 8.42 Å². The van der Waals surface area contributed by atoms with Crippen molar-refractivity contribution < 1.29 is 22.4 Å². The minimum Gasteiger partial charge on any atom is -0.508 e. The molecule has 6 heteroatoms. The first-order valence-electron chi connectivity index (χ1n) is 8.46. The Morgan fingerprint density at radius 1 is 1.00 bits per heavy atom. The number of phenols is 1. The van der Waals surface area contributed by atoms with Crippen LogP contribution in [0.2, 0.25) is 0 Å². The Morgan fingerprint density at radius 3 is 2.19 bits per heavy atom. The molecule has 2 aliphatic rings. The number of aromatic hydroxyl groups is 1. The van der Waals surface area contributed by atoms with Crippen LogP contribution in [0.25, 0.3) is 11.1 Å². The van der Waals surface area contributed by atoms with E-state index in [1.54, 1.807) is 12.1 Å². The van der Waals surface area contributed by atoms with Crippen molar-refractivity contribution in [2.45, 2.75) is 30.8 Å². The third kappa shape index (κ3) is 2.74. The van der Waals surface area contributed by atoms with E-state index >= 15 is 0 Å². The van der Waals surface area contributed by atoms with Gasteiger partial charge in [-0.05, 0) is 47.8 Å². The topological polar surface area (TPSA) is 72.8 Å². The van der Waals surface area contributed by atoms with Crippen LogP contribution < -0.4 is 0 Å². The van der Waals surface area contributed by atoms with E-state index in [0.29, 0.717) is 6.42 Å². The van der Waals surface area contributed by atoms with Crippen LogP contribution in [0.15, 0.2) is 48.5 Å². The van der Waals surface area contributed by atoms with Gasteiger partial charge in [-0.3, -0.25) is 4.18 Å². The first-order valence-corrected chi connectivity index (χ1v) is 9.93. The van der Waals surface area contributed by atoms with Crippen LogP contribution in [-0.4, -0.2) is 38.1 Å². The maximum Gasteiger partial charge on any atom is 0.273 e. The Morgan fingerprint density at radius 2 is 1.58 bits per heavy atom. The highest BCUT2D eigenvalue weighted by Crippen LogP contribution is 2.50. The fourth-order valence-corrected chi connectivity index (χ4v) is 5.01. The van der Waals surface area contributed by atoms with Crippen molar-refractivity contribution in [1.29, 1.82) is 0 Å². The van der Waals surface area contributed by atoms with E-state index in [2.05, 4.69) is 0 Å². The lowest BCUT2D eigenvalue weighted by atomic mass is 9.83. The summed E-state index contributed by atoms with van der Waals surface area (Å²) in [4.78, 5) is 0. The molecule has 2 aliphatic heterocycles. The number of rotatable bonds is 4. The smallest absolute Gasteiger partial charge is 0.273 e. The number of phenolic OH excluding ortho intramolecular Hbond substituents is 1. The van der Waals surface area contributed by atoms with E-state index in [0.717, 1.165) is 27.8 Å². The number of hydrogen-bond acceptors (Lipinski definition) is 5. The van der Waals surface area contributed by atoms with Crippen LogP contribution in [0.1, 0.15) is 23.1 Å². The molecule has 0 radical (unpaired) electrons. The molecule has 0 unspecified atom stereocenters. The zero-order valence-corrected chi connectivity index (χ0v) is 15.4. The number of aryl methyl sites for hydroxylation is 1. The van der Waals surface area contributed by atoms with E-state index in [1.165, 1.54) is 7.11 Å². The molecule has 1 saturated heterocycles. The van der Waals surface area contributed by atoms with Crippen molar-refractivity contribution in [2.24, 2.45) is 0 Å². The van der Waals surface area contributed by atoms with Crippen LogP contribution >= 0.6 is 0 Å². The van der Waals surface area contributed by atoms with Gasteiger partial charge in [-0.1, -0.05) is 42.0 Å². The predicted molar refractivity (Wildman–Crippen MR) is 99.1 cm³/mol. The summed E-state index contributed by atoms with van der Waals surface area (Å²) < 4.78 is 35.5. The van der Waals surface area contributed by atoms with E-state index in [4.69, 9.17) is 8.92 Å². The summed E-state index contributed by atoms with van der Waals surface area (Å²) in [6.07, 6.45) is -0.501. The largest absolute Gasteiger partial charge is 0.508 e. The lowest BCUT2D eigenvalue weighted by Crippen LogP contribution is -2.33. The Balaban J connectivity index is 1.88. The molecule has 0 amide bonds. The molecule has 26 heavy (non-hydrogen) atoms. The Hall–Kier alpha value is -2.15. The van der Waals surface area contributed by atoms with Gasteiger partial charge in [0.15, 0.2) is 0 Å². The number of hydrogen-bond donors (Lipinski definition) is 1. The second-order valence-corrected chi connectivity index (χ2v) is 8.64. The number of ether oxygens (including phenoxy) is 1. The molecule has 2 heterocycles. The average Bonchev–Trinajstić information content (AvgIpc) is 3.22. The summed E-state index contributed by atoms with van der Waals surface area (Å²) in [6, 6.07) is 14.9. The molecule has 0 saturated carbocycles. The van der Waals surface area contributed by atoms with Crippen LogP contribution in [-0.2, 0) is 19.0 Å². The van der Waals surface area contributed by atoms with Crippen molar-refractivity contribution in [2.75, 3.05) is 7.11 Å². The maximum absolute atomic E-state index is 12.4. The van der Waals surface area contributed by atoms with Gasteiger partial charge in [0.25, 0.3) is 10.1 Å². The molecule has 2 aromatic rings. The molecule has 0 aliphatic carbocycles. The quantitative estimate of drug-likeness (QED) is 0.835. The van der Waals surface area contributed by atoms with E-state index in [1.807, 2.05) is 43.3 Å². The molecule has 4 rings (SSSR count). The highest BCUT2D eigenvalue weighted by molar-refractivity contribution is 7.87. The van der Waals surface area contributed by atoms with Gasteiger partial charge < -0.3 is 9.84 Å². The lowest BCUT2D eigenvalue weighted by molar-refractivity contribution is 0.127. The Labute approximate surface area is 153 Å². The third-order valence-electron chi connectivity index (χ3n) is 5.14. The van der Waals surface area contributed by atoms with Crippen LogP contribution in [0, 0.1) is 6.92 Å². The molecule has 0 spiro atoms. The minimum absolute atomic E-state index is 0.190. The van der Waals surface area contributed by atoms with Gasteiger partial charge >= 0.3 is 0 Å². The third-order valence-corrected chi connectivity index (χ3v) is 6.78. The maximum atomic E-state index is 12.4. The van der Waals surface area contributed by atoms with Gasteiger partial charge in [0.05, 0.1) is 13.2 Å². The normalized spacial score (nSPS) is 25.1. The van der Waals surface area contributed by atoms with E-state index in [-0.39, 0.29) is 11.9 Å². The van der Waals surface area contributed by atoms with Gasteiger partial charge in [0, 0.05) is 0 Å². The first kappa shape index (κ1) is 17.3. The van der Waals surface area contributed by atoms with Gasteiger partial charge in [0.1, 0.15) is 17.1 Å². The fourth-order valence-electron chi connectivity index (χ4n) is 3.85. The SMILES string of the molecule is COS(=O)(=O)[C@@H]1C[C@@H]2O[C@H]1C(c1ccc(C)cc1)=C2c1ccc(O)cc1. The summed E-state index contributed by atoms with van der Waals surface area (Å²) in [5, 5.41) is 8.87. The molecular formula is C20H20O5S. The minimum atomic E-state index is -3.69. The Kier molecular flexibility index (Phi) is 4.14. The highest BCUT2D eigenvalue weighted by atomic mass is 32.2. The van der Waals surface area contributed by atoms with E-state index < -0.39 is 21.5 Å². The fraction of sp³-hybridized carbons (Fsp3) is 0.300. The molecule has 1 N–H and O–H groups in total. The number of fused-ring (bicyclic) bond motifs is 2. The number of benzene rings is 2. The molecular weight excluding hydrogens is 352 g/mol. The summed E-state index contributed by atoms with van der Waals surface area (Å²) >= 11 is 0. The first-order chi connectivity index (χ1) is 12.4. The molecule has 2 aromatic carbocycles. The summed E-state index contributed by atoms with van der Waals surface area (Å²) in [7, 11) is -2.50. The van der Waals surface area contributed by atoms with Crippen LogP contribution in [0.5, 0.6) is 5.75 Å². The van der Waals surface area contributed by atoms with Crippen molar-refractivity contribution in [3.05, 3.63) is 65.2 Å². The second-order valence-electron chi connectivity index (χ2n) is 6.72. The van der Waals surface area contributed by atoms with Crippen molar-refractivity contribution >= 4 is 21.3 Å². The van der Waals surface area contributed by atoms with Crippen LogP contribution in [0.3, 0.4) is 0 Å². The molecule has 136 valence electrons. The Bertz CT molecular complexity index is 958. The summed E-state index contributed by atoms with van der Waals surface area (Å²) in [5.41, 5.74) is 4.88. The average molecular weight is 372 g/mol. The van der Waals surface area contributed by atoms with Crippen molar-refractivity contribution in [3.8, 4) is 5.75 Å². The van der Waals surface area contributed by atoms with Gasteiger partial charge in [-0.15, -0.1) is 0 Å². The molecule has 2 bridgehead atoms. The standard InChI is InChI=1S/C20H20O5S/c1-12-3-5-14(6-4-12)19-18(13-7-9-15(21)10-8-13)16-11-17(20(19)25-16)26(22,23)24-2/h3-10,16-17,20-21H,11H2,1-2H3/t16-,17+,20+/m0/s1. The van der Waals surface area contributed by atoms with Crippen molar-refractivity contribution in [3.63, 3.8) is 0 Å². The molecule has 3 atom stereocenters.